The van der Waals surface area contributed by atoms with Gasteiger partial charge >= 0.3 is 0 Å². The van der Waals surface area contributed by atoms with Crippen LogP contribution in [-0.4, -0.2) is 43.7 Å². The molecule has 0 saturated heterocycles. The molecule has 2 aromatic carbocycles. The van der Waals surface area contributed by atoms with Crippen molar-refractivity contribution in [2.45, 2.75) is 11.0 Å². The zero-order valence-electron chi connectivity index (χ0n) is 16.5. The molecule has 0 radical (unpaired) electrons. The number of hydrogen-bond donors (Lipinski definition) is 3. The van der Waals surface area contributed by atoms with Crippen molar-refractivity contribution >= 4 is 44.8 Å². The summed E-state index contributed by atoms with van der Waals surface area (Å²) < 4.78 is 32.7. The van der Waals surface area contributed by atoms with Gasteiger partial charge in [-0.2, -0.15) is 0 Å². The van der Waals surface area contributed by atoms with E-state index in [9.17, 15) is 18.3 Å². The topological polar surface area (TPSA) is 118 Å². The summed E-state index contributed by atoms with van der Waals surface area (Å²) in [6.07, 6.45) is 1.93. The summed E-state index contributed by atoms with van der Waals surface area (Å²) in [6.45, 7) is -0.196. The van der Waals surface area contributed by atoms with E-state index < -0.39 is 22.0 Å². The van der Waals surface area contributed by atoms with E-state index in [2.05, 4.69) is 15.0 Å². The second-order valence-electron chi connectivity index (χ2n) is 6.59. The van der Waals surface area contributed by atoms with Crippen LogP contribution in [0.15, 0.2) is 71.9 Å². The van der Waals surface area contributed by atoms with E-state index in [0.29, 0.717) is 16.5 Å². The van der Waals surface area contributed by atoms with Crippen LogP contribution in [0.2, 0.25) is 10.0 Å². The van der Waals surface area contributed by atoms with Gasteiger partial charge < -0.3 is 15.2 Å². The molecule has 0 aliphatic carbocycles. The second kappa shape index (κ2) is 10.6. The number of nitrogens with one attached hydrogen (secondary N) is 2. The largest absolute Gasteiger partial charge is 0.489 e. The number of nitrogens with zero attached hydrogens (tertiary/aromatic N) is 1. The van der Waals surface area contributed by atoms with Gasteiger partial charge in [-0.3, -0.25) is 14.5 Å². The molecule has 0 spiro atoms. The third-order valence-corrected chi connectivity index (χ3v) is 6.40. The van der Waals surface area contributed by atoms with E-state index in [1.807, 2.05) is 0 Å². The molecule has 0 fully saturated rings. The molecule has 8 nitrogen and oxygen atoms in total. The van der Waals surface area contributed by atoms with Gasteiger partial charge in [-0.15, -0.1) is 0 Å². The van der Waals surface area contributed by atoms with Gasteiger partial charge in [0.05, 0.1) is 15.6 Å². The van der Waals surface area contributed by atoms with Crippen molar-refractivity contribution in [2.24, 2.45) is 0 Å². The molecule has 1 aromatic heterocycles. The third-order valence-electron chi connectivity index (χ3n) is 4.20. The Kier molecular flexibility index (Phi) is 7.92. The minimum atomic E-state index is -3.81. The van der Waals surface area contributed by atoms with Gasteiger partial charge in [0.25, 0.3) is 15.9 Å². The summed E-state index contributed by atoms with van der Waals surface area (Å²) in [6, 6.07) is 13.3. The Labute approximate surface area is 195 Å². The molecule has 0 saturated carbocycles. The van der Waals surface area contributed by atoms with Gasteiger partial charge in [0.15, 0.2) is 0 Å². The molecular formula is C21H19Cl2N3O5S. The zero-order chi connectivity index (χ0) is 23.1. The summed E-state index contributed by atoms with van der Waals surface area (Å²) in [5, 5.41) is 13.2. The normalized spacial score (nSPS) is 12.1. The lowest BCUT2D eigenvalue weighted by Gasteiger charge is -2.14. The predicted molar refractivity (Wildman–Crippen MR) is 122 cm³/mol. The lowest BCUT2D eigenvalue weighted by atomic mass is 10.2. The van der Waals surface area contributed by atoms with Gasteiger partial charge in [-0.1, -0.05) is 29.3 Å². The van der Waals surface area contributed by atoms with Crippen molar-refractivity contribution in [3.8, 4) is 5.75 Å². The first kappa shape index (κ1) is 23.8. The SMILES string of the molecule is O=C(NCC(O)COc1cccc(Cl)c1Cl)c1ccc(S(=O)(=O)Nc2ccncc2)cc1. The number of rotatable bonds is 9. The third kappa shape index (κ3) is 6.33. The Bertz CT molecular complexity index is 1180. The maximum atomic E-state index is 12.4. The highest BCUT2D eigenvalue weighted by atomic mass is 35.5. The molecule has 0 aliphatic rings. The fraction of sp³-hybridized carbons (Fsp3) is 0.143. The van der Waals surface area contributed by atoms with E-state index in [1.165, 1.54) is 48.8 Å². The van der Waals surface area contributed by atoms with Crippen LogP contribution >= 0.6 is 23.2 Å². The number of anilines is 1. The first-order valence-corrected chi connectivity index (χ1v) is 11.6. The molecule has 32 heavy (non-hydrogen) atoms. The standard InChI is InChI=1S/C21H19Cl2N3O5S/c22-18-2-1-3-19(20(18)23)31-13-16(27)12-25-21(28)14-4-6-17(7-5-14)32(29,30)26-15-8-10-24-11-9-15/h1-11,16,27H,12-13H2,(H,24,26)(H,25,28). The molecule has 168 valence electrons. The van der Waals surface area contributed by atoms with E-state index >= 15 is 0 Å². The molecule has 0 aliphatic heterocycles. The number of aromatic nitrogens is 1. The number of ether oxygens (including phenoxy) is 1. The molecule has 1 amide bonds. The molecule has 3 rings (SSSR count). The number of aliphatic hydroxyl groups is 1. The van der Waals surface area contributed by atoms with Gasteiger partial charge in [-0.05, 0) is 48.5 Å². The van der Waals surface area contributed by atoms with Crippen LogP contribution in [-0.2, 0) is 10.0 Å². The Morgan fingerprint density at radius 1 is 1.06 bits per heavy atom. The van der Waals surface area contributed by atoms with Crippen molar-refractivity contribution in [1.29, 1.82) is 0 Å². The fourth-order valence-electron chi connectivity index (χ4n) is 2.57. The van der Waals surface area contributed by atoms with Crippen molar-refractivity contribution in [1.82, 2.24) is 10.3 Å². The van der Waals surface area contributed by atoms with Gasteiger partial charge in [0.1, 0.15) is 23.5 Å². The lowest BCUT2D eigenvalue weighted by Crippen LogP contribution is -2.35. The molecular weight excluding hydrogens is 477 g/mol. The summed E-state index contributed by atoms with van der Waals surface area (Å²) in [4.78, 5) is 16.1. The summed E-state index contributed by atoms with van der Waals surface area (Å²) in [5.41, 5.74) is 0.607. The Morgan fingerprint density at radius 3 is 2.44 bits per heavy atom. The molecule has 11 heteroatoms. The monoisotopic (exact) mass is 495 g/mol. The number of benzene rings is 2. The Morgan fingerprint density at radius 2 is 1.75 bits per heavy atom. The molecule has 1 unspecified atom stereocenters. The van der Waals surface area contributed by atoms with Crippen LogP contribution in [0, 0.1) is 0 Å². The van der Waals surface area contributed by atoms with E-state index in [0.717, 1.165) is 0 Å². The quantitative estimate of drug-likeness (QED) is 0.418. The highest BCUT2D eigenvalue weighted by Crippen LogP contribution is 2.31. The first-order chi connectivity index (χ1) is 15.3. The molecule has 1 atom stereocenters. The highest BCUT2D eigenvalue weighted by Gasteiger charge is 2.16. The average molecular weight is 496 g/mol. The molecule has 0 bridgehead atoms. The first-order valence-electron chi connectivity index (χ1n) is 9.32. The fourth-order valence-corrected chi connectivity index (χ4v) is 3.98. The summed E-state index contributed by atoms with van der Waals surface area (Å²) >= 11 is 11.9. The zero-order valence-corrected chi connectivity index (χ0v) is 18.9. The number of aliphatic hydroxyl groups excluding tert-OH is 1. The van der Waals surface area contributed by atoms with Crippen LogP contribution in [0.4, 0.5) is 5.69 Å². The van der Waals surface area contributed by atoms with E-state index in [4.69, 9.17) is 27.9 Å². The van der Waals surface area contributed by atoms with Crippen molar-refractivity contribution in [3.05, 3.63) is 82.6 Å². The number of halogens is 2. The highest BCUT2D eigenvalue weighted by molar-refractivity contribution is 7.92. The number of carbonyl (C=O) groups is 1. The number of pyridine rings is 1. The Hall–Kier alpha value is -2.85. The minimum Gasteiger partial charge on any atom is -0.489 e. The molecule has 1 heterocycles. The number of amides is 1. The second-order valence-corrected chi connectivity index (χ2v) is 9.06. The minimum absolute atomic E-state index is 0.00213. The van der Waals surface area contributed by atoms with Crippen LogP contribution < -0.4 is 14.8 Å². The predicted octanol–water partition coefficient (Wildman–Crippen LogP) is 3.36. The van der Waals surface area contributed by atoms with Crippen LogP contribution in [0.1, 0.15) is 10.4 Å². The molecule has 3 aromatic rings. The van der Waals surface area contributed by atoms with Crippen molar-refractivity contribution in [2.75, 3.05) is 17.9 Å². The van der Waals surface area contributed by atoms with Crippen LogP contribution in [0.25, 0.3) is 0 Å². The van der Waals surface area contributed by atoms with Crippen molar-refractivity contribution in [3.63, 3.8) is 0 Å². The lowest BCUT2D eigenvalue weighted by molar-refractivity contribution is 0.0844. The number of carbonyl (C=O) groups excluding carboxylic acids is 1. The van der Waals surface area contributed by atoms with Gasteiger partial charge in [0.2, 0.25) is 0 Å². The maximum Gasteiger partial charge on any atom is 0.261 e. The number of sulfonamides is 1. The average Bonchev–Trinajstić information content (AvgIpc) is 2.79. The summed E-state index contributed by atoms with van der Waals surface area (Å²) in [5.74, 6) is -0.155. The maximum absolute atomic E-state index is 12.4. The van der Waals surface area contributed by atoms with Gasteiger partial charge in [-0.25, -0.2) is 8.42 Å². The van der Waals surface area contributed by atoms with E-state index in [1.54, 1.807) is 18.2 Å². The number of hydrogen-bond acceptors (Lipinski definition) is 6. The smallest absolute Gasteiger partial charge is 0.261 e. The van der Waals surface area contributed by atoms with E-state index in [-0.39, 0.29) is 28.6 Å². The molecule has 3 N–H and O–H groups in total. The van der Waals surface area contributed by atoms with Crippen molar-refractivity contribution < 1.29 is 23.1 Å². The van der Waals surface area contributed by atoms with Crippen LogP contribution in [0.5, 0.6) is 5.75 Å². The summed E-state index contributed by atoms with van der Waals surface area (Å²) in [7, 11) is -3.81. The Balaban J connectivity index is 1.52. The van der Waals surface area contributed by atoms with Crippen LogP contribution in [0.3, 0.4) is 0 Å². The van der Waals surface area contributed by atoms with Gasteiger partial charge in [0, 0.05) is 24.5 Å².